The van der Waals surface area contributed by atoms with Gasteiger partial charge in [0.1, 0.15) is 0 Å². The molecule has 0 saturated carbocycles. The highest BCUT2D eigenvalue weighted by atomic mass is 16.3. The Balaban J connectivity index is 3.15. The van der Waals surface area contributed by atoms with E-state index in [9.17, 15) is 0 Å². The zero-order chi connectivity index (χ0) is 8.53. The normalized spacial score (nSPS) is 14.1. The van der Waals surface area contributed by atoms with Crippen molar-refractivity contribution in [3.05, 3.63) is 12.2 Å². The van der Waals surface area contributed by atoms with Crippen LogP contribution in [0.1, 0.15) is 32.6 Å². The highest BCUT2D eigenvalue weighted by Crippen LogP contribution is 1.99. The Morgan fingerprint density at radius 2 is 2.09 bits per heavy atom. The highest BCUT2D eigenvalue weighted by Gasteiger charge is 1.91. The van der Waals surface area contributed by atoms with Crippen molar-refractivity contribution in [2.45, 2.75) is 38.7 Å². The molecule has 0 aliphatic carbocycles. The fraction of sp³-hybridized carbons (Fsp3) is 0.778. The second-order valence-electron chi connectivity index (χ2n) is 2.67. The first-order valence-electron chi connectivity index (χ1n) is 4.26. The van der Waals surface area contributed by atoms with Crippen LogP contribution < -0.4 is 0 Å². The summed E-state index contributed by atoms with van der Waals surface area (Å²) in [6.45, 7) is 1.98. The van der Waals surface area contributed by atoms with Gasteiger partial charge in [-0.1, -0.05) is 31.9 Å². The smallest absolute Gasteiger partial charge is 0.0951 e. The average molecular weight is 158 g/mol. The maximum atomic E-state index is 8.88. The molecule has 0 saturated heterocycles. The van der Waals surface area contributed by atoms with Crippen LogP contribution in [0.25, 0.3) is 0 Å². The molecule has 0 aromatic rings. The van der Waals surface area contributed by atoms with Crippen molar-refractivity contribution in [3.8, 4) is 0 Å². The quantitative estimate of drug-likeness (QED) is 0.454. The van der Waals surface area contributed by atoms with E-state index in [4.69, 9.17) is 10.2 Å². The van der Waals surface area contributed by atoms with Gasteiger partial charge in [0.25, 0.3) is 0 Å². The molecular formula is C9H18O2. The summed E-state index contributed by atoms with van der Waals surface area (Å²) in [5.41, 5.74) is 0. The third kappa shape index (κ3) is 7.56. The predicted octanol–water partition coefficient (Wildman–Crippen LogP) is 1.48. The molecule has 0 aromatic carbocycles. The van der Waals surface area contributed by atoms with E-state index in [1.54, 1.807) is 6.08 Å². The van der Waals surface area contributed by atoms with E-state index < -0.39 is 6.10 Å². The summed E-state index contributed by atoms with van der Waals surface area (Å²) in [6, 6.07) is 0. The van der Waals surface area contributed by atoms with Crippen LogP contribution in [0.15, 0.2) is 12.2 Å². The fourth-order valence-electron chi connectivity index (χ4n) is 0.826. The second kappa shape index (κ2) is 7.76. The molecule has 1 atom stereocenters. The molecule has 2 nitrogen and oxygen atoms in total. The molecule has 2 heteroatoms. The zero-order valence-corrected chi connectivity index (χ0v) is 7.16. The molecule has 2 N–H and O–H groups in total. The summed E-state index contributed by atoms with van der Waals surface area (Å²) >= 11 is 0. The molecule has 11 heavy (non-hydrogen) atoms. The van der Waals surface area contributed by atoms with Gasteiger partial charge in [0.15, 0.2) is 0 Å². The van der Waals surface area contributed by atoms with Crippen molar-refractivity contribution in [1.29, 1.82) is 0 Å². The molecule has 0 radical (unpaired) electrons. The van der Waals surface area contributed by atoms with E-state index in [0.717, 1.165) is 6.42 Å². The molecule has 0 heterocycles. The third-order valence-electron chi connectivity index (χ3n) is 1.52. The van der Waals surface area contributed by atoms with Crippen molar-refractivity contribution < 1.29 is 10.2 Å². The van der Waals surface area contributed by atoms with Gasteiger partial charge in [-0.3, -0.25) is 0 Å². The minimum atomic E-state index is -0.670. The number of hydrogen-bond acceptors (Lipinski definition) is 2. The number of aliphatic hydroxyl groups is 2. The lowest BCUT2D eigenvalue weighted by Gasteiger charge is -1.97. The first-order valence-corrected chi connectivity index (χ1v) is 4.26. The van der Waals surface area contributed by atoms with Crippen LogP contribution in [-0.4, -0.2) is 22.9 Å². The van der Waals surface area contributed by atoms with Crippen LogP contribution in [0.2, 0.25) is 0 Å². The van der Waals surface area contributed by atoms with E-state index in [-0.39, 0.29) is 6.61 Å². The molecule has 0 amide bonds. The fourth-order valence-corrected chi connectivity index (χ4v) is 0.826. The van der Waals surface area contributed by atoms with Crippen molar-refractivity contribution in [2.75, 3.05) is 6.61 Å². The van der Waals surface area contributed by atoms with Crippen LogP contribution in [0.5, 0.6) is 0 Å². The molecule has 0 rings (SSSR count). The molecule has 0 bridgehead atoms. The summed E-state index contributed by atoms with van der Waals surface area (Å²) in [5, 5.41) is 17.3. The minimum Gasteiger partial charge on any atom is -0.393 e. The lowest BCUT2D eigenvalue weighted by molar-refractivity contribution is 0.131. The predicted molar refractivity (Wildman–Crippen MR) is 46.4 cm³/mol. The maximum absolute atomic E-state index is 8.88. The number of hydrogen-bond donors (Lipinski definition) is 2. The van der Waals surface area contributed by atoms with Gasteiger partial charge in [-0.2, -0.15) is 0 Å². The molecule has 66 valence electrons. The molecule has 0 unspecified atom stereocenters. The minimum absolute atomic E-state index is 0.176. The van der Waals surface area contributed by atoms with Gasteiger partial charge in [0.05, 0.1) is 12.7 Å². The Labute approximate surface area is 68.6 Å². The third-order valence-corrected chi connectivity index (χ3v) is 1.52. The van der Waals surface area contributed by atoms with Gasteiger partial charge in [0, 0.05) is 0 Å². The van der Waals surface area contributed by atoms with Crippen LogP contribution in [0.4, 0.5) is 0 Å². The van der Waals surface area contributed by atoms with Gasteiger partial charge in [0.2, 0.25) is 0 Å². The van der Waals surface area contributed by atoms with E-state index in [2.05, 4.69) is 6.92 Å². The Hall–Kier alpha value is -0.340. The van der Waals surface area contributed by atoms with E-state index in [0.29, 0.717) is 0 Å². The van der Waals surface area contributed by atoms with Crippen LogP contribution in [-0.2, 0) is 0 Å². The Bertz CT molecular complexity index is 99.7. The van der Waals surface area contributed by atoms with Crippen LogP contribution >= 0.6 is 0 Å². The number of rotatable bonds is 6. The molecule has 0 aliphatic heterocycles. The first kappa shape index (κ1) is 10.7. The van der Waals surface area contributed by atoms with Crippen molar-refractivity contribution in [3.63, 3.8) is 0 Å². The molecule has 0 fully saturated rings. The Morgan fingerprint density at radius 3 is 2.64 bits per heavy atom. The van der Waals surface area contributed by atoms with Crippen LogP contribution in [0, 0.1) is 0 Å². The summed E-state index contributed by atoms with van der Waals surface area (Å²) in [4.78, 5) is 0. The summed E-state index contributed by atoms with van der Waals surface area (Å²) in [5.74, 6) is 0. The second-order valence-corrected chi connectivity index (χ2v) is 2.67. The number of allylic oxidation sites excluding steroid dienone is 1. The monoisotopic (exact) mass is 158 g/mol. The zero-order valence-electron chi connectivity index (χ0n) is 7.16. The largest absolute Gasteiger partial charge is 0.393 e. The van der Waals surface area contributed by atoms with Gasteiger partial charge in [-0.15, -0.1) is 0 Å². The molecule has 0 spiro atoms. The number of unbranched alkanes of at least 4 members (excludes halogenated alkanes) is 3. The van der Waals surface area contributed by atoms with E-state index in [1.807, 2.05) is 6.08 Å². The molecular weight excluding hydrogens is 140 g/mol. The van der Waals surface area contributed by atoms with Gasteiger partial charge in [-0.25, -0.2) is 0 Å². The Morgan fingerprint density at radius 1 is 1.36 bits per heavy atom. The van der Waals surface area contributed by atoms with E-state index in [1.165, 1.54) is 19.3 Å². The maximum Gasteiger partial charge on any atom is 0.0951 e. The molecule has 0 aliphatic rings. The van der Waals surface area contributed by atoms with Gasteiger partial charge >= 0.3 is 0 Å². The molecule has 0 aromatic heterocycles. The summed E-state index contributed by atoms with van der Waals surface area (Å²) in [7, 11) is 0. The van der Waals surface area contributed by atoms with Crippen molar-refractivity contribution in [1.82, 2.24) is 0 Å². The first-order chi connectivity index (χ1) is 5.31. The van der Waals surface area contributed by atoms with Gasteiger partial charge in [-0.05, 0) is 12.8 Å². The topological polar surface area (TPSA) is 40.5 Å². The average Bonchev–Trinajstić information content (AvgIpc) is 2.04. The SMILES string of the molecule is CCCCC/C=C/[C@H](O)CO. The van der Waals surface area contributed by atoms with Crippen LogP contribution in [0.3, 0.4) is 0 Å². The lowest BCUT2D eigenvalue weighted by Crippen LogP contribution is -2.06. The van der Waals surface area contributed by atoms with Gasteiger partial charge < -0.3 is 10.2 Å². The highest BCUT2D eigenvalue weighted by molar-refractivity contribution is 4.87. The van der Waals surface area contributed by atoms with Crippen molar-refractivity contribution >= 4 is 0 Å². The standard InChI is InChI=1S/C9H18O2/c1-2-3-4-5-6-7-9(11)8-10/h6-7,9-11H,2-5,8H2,1H3/b7-6+/t9-/m0/s1. The summed E-state index contributed by atoms with van der Waals surface area (Å²) in [6.07, 6.45) is 7.54. The lowest BCUT2D eigenvalue weighted by atomic mass is 10.2. The van der Waals surface area contributed by atoms with E-state index >= 15 is 0 Å². The Kier molecular flexibility index (Phi) is 7.52. The number of aliphatic hydroxyl groups excluding tert-OH is 2. The summed E-state index contributed by atoms with van der Waals surface area (Å²) < 4.78 is 0. The van der Waals surface area contributed by atoms with Crippen molar-refractivity contribution in [2.24, 2.45) is 0 Å².